The Hall–Kier alpha value is -1.31. The van der Waals surface area contributed by atoms with Crippen molar-refractivity contribution in [3.63, 3.8) is 0 Å². The molecule has 0 amide bonds. The summed E-state index contributed by atoms with van der Waals surface area (Å²) in [5.41, 5.74) is 2.02. The van der Waals surface area contributed by atoms with Crippen LogP contribution >= 0.6 is 24.0 Å². The quantitative estimate of drug-likeness (QED) is 0.490. The van der Waals surface area contributed by atoms with Gasteiger partial charge in [-0.2, -0.15) is 0 Å². The first kappa shape index (κ1) is 15.1. The van der Waals surface area contributed by atoms with Crippen molar-refractivity contribution in [2.24, 2.45) is 4.99 Å². The molecule has 0 unspecified atom stereocenters. The number of aromatic nitrogens is 2. The molecule has 1 aliphatic rings. The lowest BCUT2D eigenvalue weighted by Crippen LogP contribution is -2.39. The number of guanidine groups is 1. The number of pyridine rings is 1. The van der Waals surface area contributed by atoms with Crippen LogP contribution in [-0.4, -0.2) is 40.4 Å². The summed E-state index contributed by atoms with van der Waals surface area (Å²) < 4.78 is 2.04. The molecule has 2 aromatic heterocycles. The van der Waals surface area contributed by atoms with E-state index in [1.165, 1.54) is 12.8 Å². The van der Waals surface area contributed by atoms with Crippen LogP contribution in [0.2, 0.25) is 0 Å². The Morgan fingerprint density at radius 2 is 2.15 bits per heavy atom. The Morgan fingerprint density at radius 1 is 1.35 bits per heavy atom. The normalized spacial score (nSPS) is 15.4. The van der Waals surface area contributed by atoms with Gasteiger partial charge in [0.25, 0.3) is 0 Å². The maximum absolute atomic E-state index is 4.57. The topological polar surface area (TPSA) is 44.9 Å². The largest absolute Gasteiger partial charge is 0.351 e. The monoisotopic (exact) mass is 385 g/mol. The number of aliphatic imine (C=N–C) groups is 1. The summed E-state index contributed by atoms with van der Waals surface area (Å²) in [6.45, 7) is 2.92. The number of fused-ring (bicyclic) bond motifs is 1. The van der Waals surface area contributed by atoms with Gasteiger partial charge in [-0.3, -0.25) is 4.99 Å². The van der Waals surface area contributed by atoms with E-state index in [1.54, 1.807) is 0 Å². The highest BCUT2D eigenvalue weighted by Crippen LogP contribution is 2.08. The van der Waals surface area contributed by atoms with Crippen LogP contribution in [0.25, 0.3) is 5.65 Å². The van der Waals surface area contributed by atoms with Gasteiger partial charge < -0.3 is 14.6 Å². The molecule has 0 saturated carbocycles. The molecule has 1 N–H and O–H groups in total. The molecule has 3 heterocycles. The maximum atomic E-state index is 4.57. The summed E-state index contributed by atoms with van der Waals surface area (Å²) >= 11 is 0. The molecular weight excluding hydrogens is 365 g/mol. The standard InChI is InChI=1S/C14H19N5.HI/c1-15-14(18-7-4-5-8-18)16-10-12-11-19-9-3-2-6-13(19)17-12;/h2-3,6,9,11H,4-5,7-8,10H2,1H3,(H,15,16);1H. The zero-order chi connectivity index (χ0) is 13.1. The summed E-state index contributed by atoms with van der Waals surface area (Å²) in [5, 5.41) is 3.39. The van der Waals surface area contributed by atoms with Gasteiger partial charge in [0.2, 0.25) is 0 Å². The van der Waals surface area contributed by atoms with E-state index in [9.17, 15) is 0 Å². The Bertz CT molecular complexity index is 553. The first-order chi connectivity index (χ1) is 9.36. The minimum absolute atomic E-state index is 0. The SMILES string of the molecule is CN=C(NCc1cn2ccccc2n1)N1CCCC1.I. The molecule has 2 aromatic rings. The Kier molecular flexibility index (Phi) is 5.22. The molecule has 0 bridgehead atoms. The number of likely N-dealkylation sites (tertiary alicyclic amines) is 1. The fourth-order valence-corrected chi connectivity index (χ4v) is 2.50. The fraction of sp³-hybridized carbons (Fsp3) is 0.429. The molecule has 108 valence electrons. The van der Waals surface area contributed by atoms with Crippen molar-refractivity contribution < 1.29 is 0 Å². The van der Waals surface area contributed by atoms with Crippen LogP contribution in [0.3, 0.4) is 0 Å². The summed E-state index contributed by atoms with van der Waals surface area (Å²) in [6.07, 6.45) is 6.59. The van der Waals surface area contributed by atoms with Gasteiger partial charge in [-0.1, -0.05) is 6.07 Å². The van der Waals surface area contributed by atoms with Crippen molar-refractivity contribution in [1.82, 2.24) is 19.6 Å². The summed E-state index contributed by atoms with van der Waals surface area (Å²) in [4.78, 5) is 11.2. The highest BCUT2D eigenvalue weighted by Gasteiger charge is 2.15. The first-order valence-corrected chi connectivity index (χ1v) is 6.75. The van der Waals surface area contributed by atoms with Crippen molar-refractivity contribution in [2.75, 3.05) is 20.1 Å². The van der Waals surface area contributed by atoms with E-state index in [4.69, 9.17) is 0 Å². The Balaban J connectivity index is 0.00000147. The zero-order valence-corrected chi connectivity index (χ0v) is 13.9. The summed E-state index contributed by atoms with van der Waals surface area (Å²) in [7, 11) is 1.84. The van der Waals surface area contributed by atoms with Gasteiger partial charge in [0.1, 0.15) is 5.65 Å². The van der Waals surface area contributed by atoms with Crippen LogP contribution in [0.15, 0.2) is 35.6 Å². The molecule has 0 aromatic carbocycles. The summed E-state index contributed by atoms with van der Waals surface area (Å²) in [6, 6.07) is 6.02. The van der Waals surface area contributed by atoms with E-state index in [2.05, 4.69) is 26.4 Å². The molecule has 6 heteroatoms. The molecule has 0 aliphatic carbocycles. The molecule has 3 rings (SSSR count). The molecule has 0 radical (unpaired) electrons. The Morgan fingerprint density at radius 3 is 2.85 bits per heavy atom. The van der Waals surface area contributed by atoms with Gasteiger partial charge in [0, 0.05) is 32.5 Å². The second kappa shape index (κ2) is 6.92. The molecule has 20 heavy (non-hydrogen) atoms. The molecule has 1 aliphatic heterocycles. The highest BCUT2D eigenvalue weighted by atomic mass is 127. The summed E-state index contributed by atoms with van der Waals surface area (Å²) in [5.74, 6) is 0.981. The van der Waals surface area contributed by atoms with E-state index in [-0.39, 0.29) is 24.0 Å². The van der Waals surface area contributed by atoms with E-state index < -0.39 is 0 Å². The Labute approximate surface area is 136 Å². The van der Waals surface area contributed by atoms with Crippen molar-refractivity contribution in [2.45, 2.75) is 19.4 Å². The average molecular weight is 385 g/mol. The zero-order valence-electron chi connectivity index (χ0n) is 11.6. The van der Waals surface area contributed by atoms with E-state index in [0.29, 0.717) is 6.54 Å². The van der Waals surface area contributed by atoms with Gasteiger partial charge in [0.05, 0.1) is 12.2 Å². The minimum Gasteiger partial charge on any atom is -0.351 e. The van der Waals surface area contributed by atoms with Crippen LogP contribution in [0.5, 0.6) is 0 Å². The van der Waals surface area contributed by atoms with E-state index in [0.717, 1.165) is 30.4 Å². The second-order valence-electron chi connectivity index (χ2n) is 4.79. The number of hydrogen-bond donors (Lipinski definition) is 1. The third-order valence-corrected chi connectivity index (χ3v) is 3.46. The smallest absolute Gasteiger partial charge is 0.193 e. The van der Waals surface area contributed by atoms with Crippen molar-refractivity contribution in [3.8, 4) is 0 Å². The minimum atomic E-state index is 0. The average Bonchev–Trinajstić information content (AvgIpc) is 3.08. The predicted molar refractivity (Wildman–Crippen MR) is 91.6 cm³/mol. The lowest BCUT2D eigenvalue weighted by molar-refractivity contribution is 0.493. The fourth-order valence-electron chi connectivity index (χ4n) is 2.50. The van der Waals surface area contributed by atoms with Gasteiger partial charge in [-0.05, 0) is 25.0 Å². The van der Waals surface area contributed by atoms with Gasteiger partial charge in [-0.25, -0.2) is 4.98 Å². The van der Waals surface area contributed by atoms with Crippen LogP contribution in [0, 0.1) is 0 Å². The molecule has 5 nitrogen and oxygen atoms in total. The molecular formula is C14H20IN5. The number of hydrogen-bond acceptors (Lipinski definition) is 2. The maximum Gasteiger partial charge on any atom is 0.193 e. The lowest BCUT2D eigenvalue weighted by atomic mass is 10.4. The van der Waals surface area contributed by atoms with Crippen molar-refractivity contribution in [1.29, 1.82) is 0 Å². The van der Waals surface area contributed by atoms with Crippen LogP contribution < -0.4 is 5.32 Å². The predicted octanol–water partition coefficient (Wildman–Crippen LogP) is 2.12. The number of halogens is 1. The van der Waals surface area contributed by atoms with Gasteiger partial charge >= 0.3 is 0 Å². The van der Waals surface area contributed by atoms with Crippen molar-refractivity contribution in [3.05, 3.63) is 36.3 Å². The molecule has 0 atom stereocenters. The molecule has 1 saturated heterocycles. The third kappa shape index (κ3) is 3.23. The van der Waals surface area contributed by atoms with E-state index >= 15 is 0 Å². The molecule has 1 fully saturated rings. The first-order valence-electron chi connectivity index (χ1n) is 6.75. The van der Waals surface area contributed by atoms with Gasteiger partial charge in [-0.15, -0.1) is 24.0 Å². The highest BCUT2D eigenvalue weighted by molar-refractivity contribution is 14.0. The van der Waals surface area contributed by atoms with Crippen molar-refractivity contribution >= 4 is 35.6 Å². The van der Waals surface area contributed by atoms with Crippen LogP contribution in [0.1, 0.15) is 18.5 Å². The van der Waals surface area contributed by atoms with Crippen LogP contribution in [-0.2, 0) is 6.54 Å². The van der Waals surface area contributed by atoms with Gasteiger partial charge in [0.15, 0.2) is 5.96 Å². The number of imidazole rings is 1. The third-order valence-electron chi connectivity index (χ3n) is 3.46. The van der Waals surface area contributed by atoms with E-state index in [1.807, 2.05) is 35.8 Å². The number of rotatable bonds is 2. The van der Waals surface area contributed by atoms with Crippen LogP contribution in [0.4, 0.5) is 0 Å². The number of nitrogens with one attached hydrogen (secondary N) is 1. The number of nitrogens with zero attached hydrogens (tertiary/aromatic N) is 4. The molecule has 0 spiro atoms. The lowest BCUT2D eigenvalue weighted by Gasteiger charge is -2.20. The second-order valence-corrected chi connectivity index (χ2v) is 4.79.